The predicted octanol–water partition coefficient (Wildman–Crippen LogP) is 4.37. The van der Waals surface area contributed by atoms with Crippen molar-refractivity contribution in [3.63, 3.8) is 0 Å². The SMILES string of the molecule is COc1cc(C(=O)N2CC[C@@]3(c4cccc(F)c4)OCO[C@H]3C2)ccc1OCC1CC(F)(F)C1. The summed E-state index contributed by atoms with van der Waals surface area (Å²) in [6, 6.07) is 11.1. The van der Waals surface area contributed by atoms with Crippen molar-refractivity contribution in [3.05, 3.63) is 59.4 Å². The first-order valence-electron chi connectivity index (χ1n) is 11.3. The molecule has 0 bridgehead atoms. The summed E-state index contributed by atoms with van der Waals surface area (Å²) in [5.74, 6) is -2.56. The number of fused-ring (bicyclic) bond motifs is 1. The molecule has 2 atom stereocenters. The molecule has 5 rings (SSSR count). The summed E-state index contributed by atoms with van der Waals surface area (Å²) in [5, 5.41) is 0. The van der Waals surface area contributed by atoms with Crippen LogP contribution < -0.4 is 9.47 Å². The van der Waals surface area contributed by atoms with E-state index in [0.29, 0.717) is 42.1 Å². The molecule has 0 radical (unpaired) electrons. The Bertz CT molecular complexity index is 1070. The highest BCUT2D eigenvalue weighted by Gasteiger charge is 2.51. The first-order valence-corrected chi connectivity index (χ1v) is 11.3. The van der Waals surface area contributed by atoms with Gasteiger partial charge in [-0.25, -0.2) is 13.2 Å². The average Bonchev–Trinajstić information content (AvgIpc) is 3.25. The van der Waals surface area contributed by atoms with Gasteiger partial charge in [0, 0.05) is 37.3 Å². The van der Waals surface area contributed by atoms with E-state index in [9.17, 15) is 18.0 Å². The standard InChI is InChI=1S/C25H26F3NO5/c1-31-21-9-17(5-6-20(21)32-14-16-11-24(27,28)12-16)23(30)29-8-7-25(22(13-29)33-15-34-25)18-3-2-4-19(26)10-18/h2-6,9-10,16,22H,7-8,11-15H2,1H3/t22-,25-/m0/s1. The first kappa shape index (κ1) is 23.0. The van der Waals surface area contributed by atoms with Crippen molar-refractivity contribution >= 4 is 5.91 Å². The Morgan fingerprint density at radius 2 is 2.00 bits per heavy atom. The maximum absolute atomic E-state index is 13.8. The van der Waals surface area contributed by atoms with Gasteiger partial charge in [-0.1, -0.05) is 12.1 Å². The Hall–Kier alpha value is -2.78. The fourth-order valence-electron chi connectivity index (χ4n) is 5.04. The highest BCUT2D eigenvalue weighted by molar-refractivity contribution is 5.95. The van der Waals surface area contributed by atoms with Crippen molar-refractivity contribution in [2.45, 2.75) is 36.9 Å². The van der Waals surface area contributed by atoms with Crippen LogP contribution in [-0.2, 0) is 15.1 Å². The minimum atomic E-state index is -2.59. The first-order chi connectivity index (χ1) is 16.3. The maximum Gasteiger partial charge on any atom is 0.254 e. The van der Waals surface area contributed by atoms with Gasteiger partial charge in [0.1, 0.15) is 24.3 Å². The topological polar surface area (TPSA) is 57.2 Å². The van der Waals surface area contributed by atoms with Crippen LogP contribution in [0.3, 0.4) is 0 Å². The van der Waals surface area contributed by atoms with Gasteiger partial charge in [0.05, 0.1) is 20.3 Å². The van der Waals surface area contributed by atoms with Crippen LogP contribution in [0.4, 0.5) is 13.2 Å². The van der Waals surface area contributed by atoms with Crippen LogP contribution in [0.1, 0.15) is 35.2 Å². The molecule has 6 nitrogen and oxygen atoms in total. The molecular weight excluding hydrogens is 451 g/mol. The van der Waals surface area contributed by atoms with Gasteiger partial charge in [-0.15, -0.1) is 0 Å². The smallest absolute Gasteiger partial charge is 0.254 e. The fraction of sp³-hybridized carbons (Fsp3) is 0.480. The van der Waals surface area contributed by atoms with Gasteiger partial charge < -0.3 is 23.8 Å². The third kappa shape index (κ3) is 4.22. The molecule has 2 aromatic rings. The number of hydrogen-bond acceptors (Lipinski definition) is 5. The number of piperidine rings is 1. The molecular formula is C25H26F3NO5. The summed E-state index contributed by atoms with van der Waals surface area (Å²) in [5.41, 5.74) is 0.332. The molecule has 2 aromatic carbocycles. The van der Waals surface area contributed by atoms with E-state index < -0.39 is 17.6 Å². The highest BCUT2D eigenvalue weighted by Crippen LogP contribution is 2.44. The van der Waals surface area contributed by atoms with E-state index in [1.54, 1.807) is 29.2 Å². The van der Waals surface area contributed by atoms with Crippen LogP contribution in [0.5, 0.6) is 11.5 Å². The summed E-state index contributed by atoms with van der Waals surface area (Å²) in [6.07, 6.45) is -0.301. The number of methoxy groups -OCH3 is 1. The number of halogens is 3. The summed E-state index contributed by atoms with van der Waals surface area (Å²) >= 11 is 0. The van der Waals surface area contributed by atoms with E-state index in [1.165, 1.54) is 19.2 Å². The van der Waals surface area contributed by atoms with Gasteiger partial charge >= 0.3 is 0 Å². The average molecular weight is 477 g/mol. The van der Waals surface area contributed by atoms with Crippen LogP contribution in [0.15, 0.2) is 42.5 Å². The lowest BCUT2D eigenvalue weighted by molar-refractivity contribution is -0.119. The van der Waals surface area contributed by atoms with Crippen molar-refractivity contribution in [2.75, 3.05) is 33.6 Å². The molecule has 2 heterocycles. The monoisotopic (exact) mass is 477 g/mol. The number of carbonyl (C=O) groups is 1. The van der Waals surface area contributed by atoms with Crippen molar-refractivity contribution < 1.29 is 36.9 Å². The van der Waals surface area contributed by atoms with E-state index >= 15 is 0 Å². The molecule has 9 heteroatoms. The van der Waals surface area contributed by atoms with Crippen molar-refractivity contribution in [1.82, 2.24) is 4.90 Å². The van der Waals surface area contributed by atoms with Crippen molar-refractivity contribution in [1.29, 1.82) is 0 Å². The van der Waals surface area contributed by atoms with E-state index in [1.807, 2.05) is 6.07 Å². The normalized spacial score (nSPS) is 26.0. The highest BCUT2D eigenvalue weighted by atomic mass is 19.3. The Balaban J connectivity index is 1.27. The molecule has 0 N–H and O–H groups in total. The second-order valence-electron chi connectivity index (χ2n) is 9.13. The molecule has 1 aliphatic carbocycles. The van der Waals surface area contributed by atoms with Gasteiger partial charge in [0.2, 0.25) is 5.92 Å². The van der Waals surface area contributed by atoms with Crippen LogP contribution in [0.25, 0.3) is 0 Å². The number of ether oxygens (including phenoxy) is 4. The number of alkyl halides is 2. The Kier molecular flexibility index (Phi) is 5.93. The minimum absolute atomic E-state index is 0.0794. The van der Waals surface area contributed by atoms with Gasteiger partial charge in [-0.3, -0.25) is 4.79 Å². The van der Waals surface area contributed by atoms with Crippen molar-refractivity contribution in [3.8, 4) is 11.5 Å². The number of hydrogen-bond donors (Lipinski definition) is 0. The Morgan fingerprint density at radius 1 is 1.18 bits per heavy atom. The summed E-state index contributed by atoms with van der Waals surface area (Å²) in [6.45, 7) is 0.958. The number of rotatable bonds is 6. The minimum Gasteiger partial charge on any atom is -0.493 e. The zero-order valence-corrected chi connectivity index (χ0v) is 18.8. The molecule has 0 aromatic heterocycles. The molecule has 3 aliphatic rings. The lowest BCUT2D eigenvalue weighted by atomic mass is 9.82. The largest absolute Gasteiger partial charge is 0.493 e. The van der Waals surface area contributed by atoms with Crippen molar-refractivity contribution in [2.24, 2.45) is 5.92 Å². The van der Waals surface area contributed by atoms with E-state index in [0.717, 1.165) is 0 Å². The number of likely N-dealkylation sites (tertiary alicyclic amines) is 1. The van der Waals surface area contributed by atoms with E-state index in [2.05, 4.69) is 0 Å². The maximum atomic E-state index is 13.8. The zero-order chi connectivity index (χ0) is 23.9. The molecule has 3 fully saturated rings. The lowest BCUT2D eigenvalue weighted by Crippen LogP contribution is -2.53. The quantitative estimate of drug-likeness (QED) is 0.619. The number of amides is 1. The van der Waals surface area contributed by atoms with Crippen LogP contribution in [0, 0.1) is 11.7 Å². The van der Waals surface area contributed by atoms with Gasteiger partial charge in [0.15, 0.2) is 11.5 Å². The molecule has 34 heavy (non-hydrogen) atoms. The van der Waals surface area contributed by atoms with Gasteiger partial charge in [-0.2, -0.15) is 0 Å². The molecule has 2 saturated heterocycles. The number of carbonyl (C=O) groups excluding carboxylic acids is 1. The second kappa shape index (κ2) is 8.78. The molecule has 0 spiro atoms. The lowest BCUT2D eigenvalue weighted by Gasteiger charge is -2.42. The Labute approximate surface area is 195 Å². The summed E-state index contributed by atoms with van der Waals surface area (Å²) < 4.78 is 62.7. The number of benzene rings is 2. The zero-order valence-electron chi connectivity index (χ0n) is 18.8. The third-order valence-electron chi connectivity index (χ3n) is 6.91. The van der Waals surface area contributed by atoms with Gasteiger partial charge in [0.25, 0.3) is 5.91 Å². The van der Waals surface area contributed by atoms with Crippen LogP contribution in [-0.4, -0.2) is 56.4 Å². The van der Waals surface area contributed by atoms with E-state index in [4.69, 9.17) is 18.9 Å². The predicted molar refractivity (Wildman–Crippen MR) is 116 cm³/mol. The van der Waals surface area contributed by atoms with Crippen LogP contribution >= 0.6 is 0 Å². The number of nitrogens with zero attached hydrogens (tertiary/aromatic N) is 1. The summed E-state index contributed by atoms with van der Waals surface area (Å²) in [4.78, 5) is 14.9. The molecule has 182 valence electrons. The Morgan fingerprint density at radius 3 is 2.74 bits per heavy atom. The van der Waals surface area contributed by atoms with Gasteiger partial charge in [-0.05, 0) is 35.9 Å². The second-order valence-corrected chi connectivity index (χ2v) is 9.13. The third-order valence-corrected chi connectivity index (χ3v) is 6.91. The molecule has 2 aliphatic heterocycles. The van der Waals surface area contributed by atoms with Crippen LogP contribution in [0.2, 0.25) is 0 Å². The molecule has 1 amide bonds. The summed E-state index contributed by atoms with van der Waals surface area (Å²) in [7, 11) is 1.46. The van der Waals surface area contributed by atoms with E-state index in [-0.39, 0.29) is 43.9 Å². The molecule has 1 saturated carbocycles. The molecule has 0 unspecified atom stereocenters. The fourth-order valence-corrected chi connectivity index (χ4v) is 5.04.